The second kappa shape index (κ2) is 8.00. The Morgan fingerprint density at radius 2 is 2.05 bits per heavy atom. The van der Waals surface area contributed by atoms with Crippen LogP contribution in [0.2, 0.25) is 0 Å². The Morgan fingerprint density at radius 3 is 2.68 bits per heavy atom. The molecule has 1 aromatic carbocycles. The highest BCUT2D eigenvalue weighted by Crippen LogP contribution is 2.21. The summed E-state index contributed by atoms with van der Waals surface area (Å²) in [5, 5.41) is 10.8. The smallest absolute Gasteiger partial charge is 0.271 e. The van der Waals surface area contributed by atoms with E-state index in [-0.39, 0.29) is 5.69 Å². The summed E-state index contributed by atoms with van der Waals surface area (Å²) in [4.78, 5) is 17.2. The highest BCUT2D eigenvalue weighted by molar-refractivity contribution is 7.66. The molecule has 0 saturated carbocycles. The summed E-state index contributed by atoms with van der Waals surface area (Å²) < 4.78 is 5.28. The highest BCUT2D eigenvalue weighted by atomic mass is 32.9. The van der Waals surface area contributed by atoms with Crippen molar-refractivity contribution < 1.29 is 4.92 Å². The maximum atomic E-state index is 10.8. The van der Waals surface area contributed by atoms with Crippen molar-refractivity contribution in [3.63, 3.8) is 0 Å². The van der Waals surface area contributed by atoms with E-state index in [1.807, 2.05) is 0 Å². The third kappa shape index (κ3) is 4.11. The second-order valence-electron chi connectivity index (χ2n) is 4.75. The molecule has 22 heavy (non-hydrogen) atoms. The predicted octanol–water partition coefficient (Wildman–Crippen LogP) is 3.97. The summed E-state index contributed by atoms with van der Waals surface area (Å²) >= 11 is 0. The largest absolute Gasteiger partial charge is 0.353 e. The van der Waals surface area contributed by atoms with Crippen molar-refractivity contribution in [3.05, 3.63) is 39.1 Å². The third-order valence-electron chi connectivity index (χ3n) is 2.99. The average Bonchev–Trinajstić information content (AvgIpc) is 2.95. The van der Waals surface area contributed by atoms with Gasteiger partial charge in [-0.3, -0.25) is 10.1 Å². The number of nitro groups is 1. The molecule has 1 heterocycles. The zero-order valence-corrected chi connectivity index (χ0v) is 14.2. The number of hydrogen-bond acceptors (Lipinski definition) is 7. The molecule has 0 aliphatic heterocycles. The number of non-ortho nitro benzene ring substituents is 1. The molecule has 0 atom stereocenters. The molecule has 2 aromatic rings. The van der Waals surface area contributed by atoms with Gasteiger partial charge in [-0.15, -0.1) is 0 Å². The Balaban J connectivity index is 2.38. The number of benzene rings is 1. The molecule has 1 aromatic heterocycles. The fourth-order valence-corrected chi connectivity index (χ4v) is 3.78. The first kappa shape index (κ1) is 16.6. The quantitative estimate of drug-likeness (QED) is 0.435. The molecule has 118 valence electrons. The van der Waals surface area contributed by atoms with Gasteiger partial charge in [0.15, 0.2) is 10.5 Å². The van der Waals surface area contributed by atoms with Gasteiger partial charge in [0.05, 0.1) is 10.6 Å². The third-order valence-corrected chi connectivity index (χ3v) is 4.66. The van der Waals surface area contributed by atoms with Crippen molar-refractivity contribution in [1.82, 2.24) is 4.37 Å². The molecule has 0 spiro atoms. The van der Waals surface area contributed by atoms with Crippen LogP contribution in [0.5, 0.6) is 0 Å². The monoisotopic (exact) mass is 338 g/mol. The van der Waals surface area contributed by atoms with E-state index in [0.29, 0.717) is 5.69 Å². The molecule has 0 amide bonds. The number of aromatic nitrogens is 1. The van der Waals surface area contributed by atoms with Crippen LogP contribution in [0, 0.1) is 10.1 Å². The van der Waals surface area contributed by atoms with Crippen LogP contribution in [0.4, 0.5) is 17.2 Å². The van der Waals surface area contributed by atoms with Crippen molar-refractivity contribution in [2.75, 3.05) is 18.0 Å². The summed E-state index contributed by atoms with van der Waals surface area (Å²) in [5.41, 5.74) is 0.634. The summed E-state index contributed by atoms with van der Waals surface area (Å²) in [7, 11) is 2.89. The predicted molar refractivity (Wildman–Crippen MR) is 91.1 cm³/mol. The minimum atomic E-state index is -0.407. The molecular formula is C14H18N4O2S2. The zero-order chi connectivity index (χ0) is 15.9. The average molecular weight is 338 g/mol. The number of nitro benzene ring substituents is 1. The van der Waals surface area contributed by atoms with Gasteiger partial charge in [-0.2, -0.15) is 4.37 Å². The Morgan fingerprint density at radius 1 is 1.32 bits per heavy atom. The van der Waals surface area contributed by atoms with Crippen LogP contribution in [-0.4, -0.2) is 22.4 Å². The lowest BCUT2D eigenvalue weighted by Crippen LogP contribution is -2.28. The van der Waals surface area contributed by atoms with E-state index in [1.165, 1.54) is 33.0 Å². The summed E-state index contributed by atoms with van der Waals surface area (Å²) in [6, 6.07) is 6.37. The lowest BCUT2D eigenvalue weighted by molar-refractivity contribution is -0.384. The van der Waals surface area contributed by atoms with E-state index in [1.54, 1.807) is 12.1 Å². The van der Waals surface area contributed by atoms with Crippen LogP contribution >= 0.6 is 20.9 Å². The van der Waals surface area contributed by atoms with E-state index < -0.39 is 4.92 Å². The maximum absolute atomic E-state index is 10.8. The van der Waals surface area contributed by atoms with Crippen molar-refractivity contribution in [3.8, 4) is 0 Å². The molecule has 0 saturated heterocycles. The van der Waals surface area contributed by atoms with Gasteiger partial charge in [-0.1, -0.05) is 19.9 Å². The Hall–Kier alpha value is -1.80. The molecule has 0 bridgehead atoms. The standard InChI is InChI=1S/C14H18N4O2S2/c1-3-8-17(9-4-2)13-14(21-22-16-13)15-11-6-5-7-12(10-11)18(19)20/h5-7,10H,3-4,8-9H2,1-2H3. The van der Waals surface area contributed by atoms with E-state index in [0.717, 1.165) is 36.4 Å². The van der Waals surface area contributed by atoms with Gasteiger partial charge >= 0.3 is 0 Å². The molecule has 8 heteroatoms. The van der Waals surface area contributed by atoms with Crippen LogP contribution in [0.15, 0.2) is 29.3 Å². The fourth-order valence-electron chi connectivity index (χ4n) is 2.08. The first-order valence-electron chi connectivity index (χ1n) is 7.15. The van der Waals surface area contributed by atoms with E-state index in [4.69, 9.17) is 0 Å². The Bertz CT molecular complexity index is 690. The first-order valence-corrected chi connectivity index (χ1v) is 9.26. The minimum Gasteiger partial charge on any atom is -0.353 e. The molecule has 0 fully saturated rings. The number of nitrogens with zero attached hydrogens (tertiary/aromatic N) is 4. The molecule has 6 nitrogen and oxygen atoms in total. The van der Waals surface area contributed by atoms with Crippen molar-refractivity contribution in [1.29, 1.82) is 0 Å². The molecule has 2 rings (SSSR count). The molecular weight excluding hydrogens is 320 g/mol. The van der Waals surface area contributed by atoms with Crippen LogP contribution in [-0.2, 0) is 0 Å². The number of rotatable bonds is 7. The van der Waals surface area contributed by atoms with Gasteiger partial charge < -0.3 is 4.90 Å². The van der Waals surface area contributed by atoms with E-state index in [9.17, 15) is 10.1 Å². The molecule has 0 aliphatic carbocycles. The highest BCUT2D eigenvalue weighted by Gasteiger charge is 2.11. The van der Waals surface area contributed by atoms with Crippen LogP contribution in [0.3, 0.4) is 0 Å². The lowest BCUT2D eigenvalue weighted by atomic mass is 10.3. The maximum Gasteiger partial charge on any atom is 0.271 e. The molecule has 0 radical (unpaired) electrons. The van der Waals surface area contributed by atoms with Crippen molar-refractivity contribution in [2.24, 2.45) is 4.99 Å². The van der Waals surface area contributed by atoms with E-state index in [2.05, 4.69) is 28.1 Å². The van der Waals surface area contributed by atoms with Gasteiger partial charge in [-0.25, -0.2) is 4.99 Å². The van der Waals surface area contributed by atoms with Gasteiger partial charge in [0.25, 0.3) is 5.69 Å². The minimum absolute atomic E-state index is 0.0509. The zero-order valence-electron chi connectivity index (χ0n) is 12.6. The summed E-state index contributed by atoms with van der Waals surface area (Å²) in [6.45, 7) is 6.13. The van der Waals surface area contributed by atoms with Crippen molar-refractivity contribution >= 4 is 38.1 Å². The molecule has 0 unspecified atom stereocenters. The van der Waals surface area contributed by atoms with Gasteiger partial charge in [-0.05, 0) is 29.2 Å². The Labute approximate surface area is 136 Å². The first-order chi connectivity index (χ1) is 10.7. The fraction of sp³-hybridized carbons (Fsp3) is 0.429. The topological polar surface area (TPSA) is 71.6 Å². The number of anilines is 1. The van der Waals surface area contributed by atoms with E-state index >= 15 is 0 Å². The Kier molecular flexibility index (Phi) is 6.02. The van der Waals surface area contributed by atoms with Crippen LogP contribution < -0.4 is 9.57 Å². The van der Waals surface area contributed by atoms with Gasteiger partial charge in [0.1, 0.15) is 0 Å². The molecule has 0 aliphatic rings. The van der Waals surface area contributed by atoms with Crippen LogP contribution in [0.1, 0.15) is 26.7 Å². The summed E-state index contributed by atoms with van der Waals surface area (Å²) in [6.07, 6.45) is 2.08. The normalized spacial score (nSPS) is 11.6. The second-order valence-corrected chi connectivity index (χ2v) is 6.59. The SMILES string of the molecule is CCCN(CCC)c1nssc1=Nc1cccc([N+](=O)[O-])c1. The van der Waals surface area contributed by atoms with Gasteiger partial charge in [0, 0.05) is 35.8 Å². The van der Waals surface area contributed by atoms with Gasteiger partial charge in [0.2, 0.25) is 0 Å². The number of hydrogen-bond donors (Lipinski definition) is 0. The van der Waals surface area contributed by atoms with Crippen molar-refractivity contribution in [2.45, 2.75) is 26.7 Å². The molecule has 0 N–H and O–H groups in total. The van der Waals surface area contributed by atoms with Crippen LogP contribution in [0.25, 0.3) is 0 Å². The summed E-state index contributed by atoms with van der Waals surface area (Å²) in [5.74, 6) is 0.880. The lowest BCUT2D eigenvalue weighted by Gasteiger charge is -2.20.